The zero-order valence-corrected chi connectivity index (χ0v) is 17.5. The highest BCUT2D eigenvalue weighted by Crippen LogP contribution is 2.21. The second-order valence-electron chi connectivity index (χ2n) is 7.51. The molecule has 0 aliphatic carbocycles. The fourth-order valence-electron chi connectivity index (χ4n) is 3.71. The number of carbonyl (C=O) groups excluding carboxylic acids is 1. The summed E-state index contributed by atoms with van der Waals surface area (Å²) in [6, 6.07) is 11.6. The van der Waals surface area contributed by atoms with E-state index in [0.29, 0.717) is 36.7 Å². The Balaban J connectivity index is 1.59. The van der Waals surface area contributed by atoms with E-state index >= 15 is 0 Å². The van der Waals surface area contributed by atoms with Gasteiger partial charge in [0.05, 0.1) is 11.0 Å². The summed E-state index contributed by atoms with van der Waals surface area (Å²) in [5, 5.41) is 0.690. The first-order valence-corrected chi connectivity index (χ1v) is 10.0. The number of nitrogens with zero attached hydrogens (tertiary/aromatic N) is 4. The first-order valence-electron chi connectivity index (χ1n) is 9.63. The Hall–Kier alpha value is -2.86. The molecule has 29 heavy (non-hydrogen) atoms. The lowest BCUT2D eigenvalue weighted by molar-refractivity contribution is 0.0738. The predicted octanol–water partition coefficient (Wildman–Crippen LogP) is 3.17. The van der Waals surface area contributed by atoms with Crippen molar-refractivity contribution in [1.82, 2.24) is 14.5 Å². The van der Waals surface area contributed by atoms with Gasteiger partial charge in [-0.15, -0.1) is 0 Å². The third-order valence-electron chi connectivity index (χ3n) is 5.63. The van der Waals surface area contributed by atoms with Crippen molar-refractivity contribution < 1.29 is 4.79 Å². The van der Waals surface area contributed by atoms with E-state index in [9.17, 15) is 9.59 Å². The highest BCUT2D eigenvalue weighted by molar-refractivity contribution is 6.30. The number of halogens is 1. The molecule has 0 unspecified atom stereocenters. The largest absolute Gasteiger partial charge is 0.368 e. The van der Waals surface area contributed by atoms with Crippen molar-refractivity contribution in [2.45, 2.75) is 13.8 Å². The molecule has 3 aromatic rings. The van der Waals surface area contributed by atoms with Crippen LogP contribution in [0.15, 0.2) is 41.2 Å². The minimum atomic E-state index is -0.358. The van der Waals surface area contributed by atoms with Gasteiger partial charge in [-0.3, -0.25) is 9.59 Å². The highest BCUT2D eigenvalue weighted by atomic mass is 35.5. The maximum absolute atomic E-state index is 13.1. The van der Waals surface area contributed by atoms with Crippen LogP contribution in [0.5, 0.6) is 0 Å². The lowest BCUT2D eigenvalue weighted by Crippen LogP contribution is -2.50. The first kappa shape index (κ1) is 19.5. The quantitative estimate of drug-likeness (QED) is 0.651. The molecule has 150 valence electrons. The van der Waals surface area contributed by atoms with Crippen LogP contribution < -0.4 is 10.5 Å². The zero-order valence-electron chi connectivity index (χ0n) is 16.8. The lowest BCUT2D eigenvalue weighted by Gasteiger charge is -2.36. The van der Waals surface area contributed by atoms with E-state index in [1.807, 2.05) is 50.2 Å². The molecule has 0 atom stereocenters. The number of hydrogen-bond acceptors (Lipinski definition) is 4. The summed E-state index contributed by atoms with van der Waals surface area (Å²) >= 11 is 6.09. The third kappa shape index (κ3) is 3.60. The number of rotatable bonds is 2. The summed E-state index contributed by atoms with van der Waals surface area (Å²) in [6.45, 7) is 6.41. The number of benzene rings is 2. The van der Waals surface area contributed by atoms with Crippen LogP contribution in [0.25, 0.3) is 11.0 Å². The van der Waals surface area contributed by atoms with Gasteiger partial charge in [-0.1, -0.05) is 17.7 Å². The maximum atomic E-state index is 13.1. The molecule has 4 rings (SSSR count). The summed E-state index contributed by atoms with van der Waals surface area (Å²) in [4.78, 5) is 34.2. The third-order valence-corrected chi connectivity index (χ3v) is 5.87. The van der Waals surface area contributed by atoms with Crippen LogP contribution in [0.3, 0.4) is 0 Å². The first-order chi connectivity index (χ1) is 13.8. The summed E-state index contributed by atoms with van der Waals surface area (Å²) in [6.07, 6.45) is 0. The number of carbonyl (C=O) groups is 1. The van der Waals surface area contributed by atoms with Gasteiger partial charge in [-0.05, 0) is 55.3 Å². The average molecular weight is 411 g/mol. The summed E-state index contributed by atoms with van der Waals surface area (Å²) in [7, 11) is 1.69. The highest BCUT2D eigenvalue weighted by Gasteiger charge is 2.26. The molecule has 1 aliphatic rings. The molecule has 0 radical (unpaired) electrons. The van der Waals surface area contributed by atoms with Gasteiger partial charge < -0.3 is 14.4 Å². The Morgan fingerprint density at radius 3 is 2.41 bits per heavy atom. The van der Waals surface area contributed by atoms with Gasteiger partial charge in [0.25, 0.3) is 11.5 Å². The molecular weight excluding hydrogens is 388 g/mol. The van der Waals surface area contributed by atoms with Gasteiger partial charge in [-0.2, -0.15) is 0 Å². The molecule has 1 fully saturated rings. The second kappa shape index (κ2) is 7.52. The van der Waals surface area contributed by atoms with Gasteiger partial charge in [0.1, 0.15) is 0 Å². The number of piperazine rings is 1. The van der Waals surface area contributed by atoms with E-state index in [2.05, 4.69) is 9.88 Å². The van der Waals surface area contributed by atoms with Crippen LogP contribution >= 0.6 is 11.6 Å². The van der Waals surface area contributed by atoms with Gasteiger partial charge in [0.2, 0.25) is 0 Å². The van der Waals surface area contributed by atoms with Crippen LogP contribution in [0.1, 0.15) is 21.6 Å². The Morgan fingerprint density at radius 2 is 1.72 bits per heavy atom. The molecule has 0 bridgehead atoms. The number of hydrogen-bond donors (Lipinski definition) is 0. The Morgan fingerprint density at radius 1 is 1.03 bits per heavy atom. The number of amides is 1. The monoisotopic (exact) mass is 410 g/mol. The maximum Gasteiger partial charge on any atom is 0.282 e. The Kier molecular flexibility index (Phi) is 5.04. The summed E-state index contributed by atoms with van der Waals surface area (Å²) < 4.78 is 1.52. The normalized spacial score (nSPS) is 14.5. The topological polar surface area (TPSA) is 58.4 Å². The molecule has 1 saturated heterocycles. The van der Waals surface area contributed by atoms with Crippen molar-refractivity contribution in [3.63, 3.8) is 0 Å². The van der Waals surface area contributed by atoms with E-state index in [0.717, 1.165) is 22.3 Å². The molecule has 1 aliphatic heterocycles. The lowest BCUT2D eigenvalue weighted by atomic mass is 10.1. The molecule has 1 amide bonds. The molecule has 0 saturated carbocycles. The van der Waals surface area contributed by atoms with Gasteiger partial charge in [-0.25, -0.2) is 4.98 Å². The van der Waals surface area contributed by atoms with Crippen molar-refractivity contribution in [2.24, 2.45) is 7.05 Å². The molecule has 0 N–H and O–H groups in total. The van der Waals surface area contributed by atoms with E-state index in [1.165, 1.54) is 4.57 Å². The average Bonchev–Trinajstić information content (AvgIpc) is 2.72. The van der Waals surface area contributed by atoms with Crippen molar-refractivity contribution in [3.8, 4) is 0 Å². The smallest absolute Gasteiger partial charge is 0.282 e. The van der Waals surface area contributed by atoms with Crippen molar-refractivity contribution >= 4 is 34.2 Å². The molecule has 0 spiro atoms. The molecule has 2 aromatic carbocycles. The second-order valence-corrected chi connectivity index (χ2v) is 7.95. The van der Waals surface area contributed by atoms with Crippen molar-refractivity contribution in [1.29, 1.82) is 0 Å². The van der Waals surface area contributed by atoms with Crippen LogP contribution in [-0.2, 0) is 7.05 Å². The minimum Gasteiger partial charge on any atom is -0.368 e. The van der Waals surface area contributed by atoms with Crippen LogP contribution in [-0.4, -0.2) is 46.5 Å². The number of anilines is 1. The SMILES string of the molecule is Cc1cc2nc(C(=O)N3CCN(c4cccc(Cl)c4)CC3)c(=O)n(C)c2cc1C. The molecule has 2 heterocycles. The van der Waals surface area contributed by atoms with E-state index < -0.39 is 0 Å². The molecule has 1 aromatic heterocycles. The standard InChI is InChI=1S/C22H23ClN4O2/c1-14-11-18-19(12-15(14)2)25(3)21(28)20(24-18)22(29)27-9-7-26(8-10-27)17-6-4-5-16(23)13-17/h4-6,11-13H,7-10H2,1-3H3. The predicted molar refractivity (Wildman–Crippen MR) is 116 cm³/mol. The van der Waals surface area contributed by atoms with Crippen LogP contribution in [0, 0.1) is 13.8 Å². The van der Waals surface area contributed by atoms with Crippen molar-refractivity contribution in [2.75, 3.05) is 31.1 Å². The molecule has 6 nitrogen and oxygen atoms in total. The fraction of sp³-hybridized carbons (Fsp3) is 0.318. The molecule has 7 heteroatoms. The number of fused-ring (bicyclic) bond motifs is 1. The summed E-state index contributed by atoms with van der Waals surface area (Å²) in [5.74, 6) is -0.309. The van der Waals surface area contributed by atoms with E-state index in [1.54, 1.807) is 11.9 Å². The fourth-order valence-corrected chi connectivity index (χ4v) is 3.89. The van der Waals surface area contributed by atoms with Crippen LogP contribution in [0.4, 0.5) is 5.69 Å². The summed E-state index contributed by atoms with van der Waals surface area (Å²) in [5.41, 5.74) is 4.23. The van der Waals surface area contributed by atoms with Crippen LogP contribution in [0.2, 0.25) is 5.02 Å². The van der Waals surface area contributed by atoms with E-state index in [-0.39, 0.29) is 17.2 Å². The zero-order chi connectivity index (χ0) is 20.7. The van der Waals surface area contributed by atoms with Crippen molar-refractivity contribution in [3.05, 3.63) is 68.6 Å². The minimum absolute atomic E-state index is 0.0144. The number of aromatic nitrogens is 2. The van der Waals surface area contributed by atoms with Gasteiger partial charge in [0.15, 0.2) is 5.69 Å². The molecular formula is C22H23ClN4O2. The van der Waals surface area contributed by atoms with Gasteiger partial charge in [0, 0.05) is 43.9 Å². The number of aryl methyl sites for hydroxylation is 3. The van der Waals surface area contributed by atoms with Gasteiger partial charge >= 0.3 is 0 Å². The van der Waals surface area contributed by atoms with E-state index in [4.69, 9.17) is 11.6 Å². The Bertz CT molecular complexity index is 1160. The Labute approximate surface area is 174 Å².